The zero-order valence-electron chi connectivity index (χ0n) is 14.9. The molecule has 0 bridgehead atoms. The van der Waals surface area contributed by atoms with Crippen LogP contribution in [0.5, 0.6) is 0 Å². The summed E-state index contributed by atoms with van der Waals surface area (Å²) in [5, 5.41) is 5.17. The molecule has 2 aromatic carbocycles. The molecule has 0 radical (unpaired) electrons. The van der Waals surface area contributed by atoms with Crippen LogP contribution >= 0.6 is 0 Å². The summed E-state index contributed by atoms with van der Waals surface area (Å²) in [5.41, 5.74) is 1.18. The first-order valence-corrected chi connectivity index (χ1v) is 9.86. The lowest BCUT2D eigenvalue weighted by atomic mass is 10.2. The smallest absolute Gasteiger partial charge is 0.239 e. The van der Waals surface area contributed by atoms with Gasteiger partial charge in [0.1, 0.15) is 5.82 Å². The van der Waals surface area contributed by atoms with Gasteiger partial charge in [-0.25, -0.2) is 12.8 Å². The standard InChI is InChI=1S/C18H20FN3O4S/c1-13(23)20-15-7-9-16(10-8-15)21-18(24)12-22(27(2,25)26)11-14-5-3-4-6-17(14)19/h3-10H,11-12H2,1-2H3,(H,20,23)(H,21,24). The van der Waals surface area contributed by atoms with Crippen LogP contribution in [-0.4, -0.2) is 37.3 Å². The summed E-state index contributed by atoms with van der Waals surface area (Å²) in [4.78, 5) is 23.2. The van der Waals surface area contributed by atoms with E-state index < -0.39 is 28.3 Å². The molecule has 0 spiro atoms. The Kier molecular flexibility index (Phi) is 6.65. The second-order valence-electron chi connectivity index (χ2n) is 5.93. The highest BCUT2D eigenvalue weighted by Gasteiger charge is 2.21. The molecule has 0 saturated carbocycles. The largest absolute Gasteiger partial charge is 0.326 e. The summed E-state index contributed by atoms with van der Waals surface area (Å²) in [6, 6.07) is 12.1. The molecule has 0 aliphatic carbocycles. The van der Waals surface area contributed by atoms with Gasteiger partial charge < -0.3 is 10.6 Å². The molecule has 0 fully saturated rings. The van der Waals surface area contributed by atoms with Gasteiger partial charge >= 0.3 is 0 Å². The topological polar surface area (TPSA) is 95.6 Å². The predicted octanol–water partition coefficient (Wildman–Crippen LogP) is 2.18. The Morgan fingerprint density at radius 2 is 1.56 bits per heavy atom. The highest BCUT2D eigenvalue weighted by Crippen LogP contribution is 2.15. The van der Waals surface area contributed by atoms with Crippen LogP contribution in [0.2, 0.25) is 0 Å². The quantitative estimate of drug-likeness (QED) is 0.754. The molecule has 2 rings (SSSR count). The number of carbonyl (C=O) groups excluding carboxylic acids is 2. The second-order valence-corrected chi connectivity index (χ2v) is 7.91. The van der Waals surface area contributed by atoms with Crippen LogP contribution in [0.3, 0.4) is 0 Å². The number of anilines is 2. The maximum atomic E-state index is 13.8. The van der Waals surface area contributed by atoms with Crippen LogP contribution in [0.25, 0.3) is 0 Å². The van der Waals surface area contributed by atoms with Crippen LogP contribution in [0.4, 0.5) is 15.8 Å². The maximum Gasteiger partial charge on any atom is 0.239 e. The van der Waals surface area contributed by atoms with Gasteiger partial charge in [-0.3, -0.25) is 9.59 Å². The van der Waals surface area contributed by atoms with E-state index in [1.807, 2.05) is 0 Å². The molecule has 0 heterocycles. The summed E-state index contributed by atoms with van der Waals surface area (Å²) in [5.74, 6) is -1.33. The Morgan fingerprint density at radius 3 is 2.07 bits per heavy atom. The van der Waals surface area contributed by atoms with E-state index in [1.54, 1.807) is 30.3 Å². The van der Waals surface area contributed by atoms with E-state index in [9.17, 15) is 22.4 Å². The minimum absolute atomic E-state index is 0.176. The number of hydrogen-bond acceptors (Lipinski definition) is 4. The normalized spacial score (nSPS) is 11.3. The van der Waals surface area contributed by atoms with Crippen LogP contribution in [-0.2, 0) is 26.2 Å². The molecule has 0 aliphatic rings. The Morgan fingerprint density at radius 1 is 1.00 bits per heavy atom. The van der Waals surface area contributed by atoms with Crippen molar-refractivity contribution in [2.75, 3.05) is 23.4 Å². The molecule has 0 atom stereocenters. The average molecular weight is 393 g/mol. The molecular weight excluding hydrogens is 373 g/mol. The minimum Gasteiger partial charge on any atom is -0.326 e. The van der Waals surface area contributed by atoms with Gasteiger partial charge in [0, 0.05) is 30.4 Å². The summed E-state index contributed by atoms with van der Waals surface area (Å²) >= 11 is 0. The Hall–Kier alpha value is -2.78. The van der Waals surface area contributed by atoms with Gasteiger partial charge in [0.15, 0.2) is 0 Å². The molecule has 0 saturated heterocycles. The fourth-order valence-corrected chi connectivity index (χ4v) is 3.03. The van der Waals surface area contributed by atoms with Crippen LogP contribution in [0.15, 0.2) is 48.5 Å². The zero-order chi connectivity index (χ0) is 20.0. The van der Waals surface area contributed by atoms with E-state index in [0.717, 1.165) is 10.6 Å². The molecule has 2 amide bonds. The van der Waals surface area contributed by atoms with E-state index in [-0.39, 0.29) is 18.0 Å². The Balaban J connectivity index is 2.05. The molecule has 2 aromatic rings. The van der Waals surface area contributed by atoms with Gasteiger partial charge in [0.2, 0.25) is 21.8 Å². The van der Waals surface area contributed by atoms with Gasteiger partial charge in [0.25, 0.3) is 0 Å². The number of nitrogens with zero attached hydrogens (tertiary/aromatic N) is 1. The SMILES string of the molecule is CC(=O)Nc1ccc(NC(=O)CN(Cc2ccccc2F)S(C)(=O)=O)cc1. The van der Waals surface area contributed by atoms with Crippen molar-refractivity contribution in [1.29, 1.82) is 0 Å². The van der Waals surface area contributed by atoms with Crippen molar-refractivity contribution in [3.63, 3.8) is 0 Å². The number of halogens is 1. The molecule has 27 heavy (non-hydrogen) atoms. The molecule has 0 unspecified atom stereocenters. The van der Waals surface area contributed by atoms with Crippen molar-refractivity contribution in [3.8, 4) is 0 Å². The number of benzene rings is 2. The van der Waals surface area contributed by atoms with E-state index in [4.69, 9.17) is 0 Å². The number of nitrogens with one attached hydrogen (secondary N) is 2. The zero-order valence-corrected chi connectivity index (χ0v) is 15.7. The van der Waals surface area contributed by atoms with Crippen LogP contribution < -0.4 is 10.6 Å². The maximum absolute atomic E-state index is 13.8. The molecule has 2 N–H and O–H groups in total. The predicted molar refractivity (Wildman–Crippen MR) is 101 cm³/mol. The number of carbonyl (C=O) groups is 2. The van der Waals surface area contributed by atoms with Gasteiger partial charge in [-0.15, -0.1) is 0 Å². The second kappa shape index (κ2) is 8.74. The first-order chi connectivity index (χ1) is 12.6. The van der Waals surface area contributed by atoms with Gasteiger partial charge in [-0.2, -0.15) is 4.31 Å². The fraction of sp³-hybridized carbons (Fsp3) is 0.222. The number of sulfonamides is 1. The average Bonchev–Trinajstić information content (AvgIpc) is 2.56. The van der Waals surface area contributed by atoms with Gasteiger partial charge in [0.05, 0.1) is 12.8 Å². The molecule has 9 heteroatoms. The van der Waals surface area contributed by atoms with Gasteiger partial charge in [-0.05, 0) is 30.3 Å². The lowest BCUT2D eigenvalue weighted by Gasteiger charge is -2.20. The lowest BCUT2D eigenvalue weighted by Crippen LogP contribution is -2.37. The van der Waals surface area contributed by atoms with Crippen LogP contribution in [0, 0.1) is 5.82 Å². The summed E-state index contributed by atoms with van der Waals surface area (Å²) in [7, 11) is -3.73. The lowest BCUT2D eigenvalue weighted by molar-refractivity contribution is -0.116. The monoisotopic (exact) mass is 393 g/mol. The highest BCUT2D eigenvalue weighted by molar-refractivity contribution is 7.88. The van der Waals surface area contributed by atoms with E-state index >= 15 is 0 Å². The Bertz CT molecular complexity index is 930. The fourth-order valence-electron chi connectivity index (χ4n) is 2.31. The summed E-state index contributed by atoms with van der Waals surface area (Å²) in [6.45, 7) is 0.673. The molecule has 0 aliphatic heterocycles. The third kappa shape index (κ3) is 6.46. The number of amides is 2. The van der Waals surface area contributed by atoms with Crippen molar-refractivity contribution >= 4 is 33.2 Å². The summed E-state index contributed by atoms with van der Waals surface area (Å²) in [6.07, 6.45) is 0.962. The highest BCUT2D eigenvalue weighted by atomic mass is 32.2. The van der Waals surface area contributed by atoms with Crippen molar-refractivity contribution in [1.82, 2.24) is 4.31 Å². The first kappa shape index (κ1) is 20.5. The Labute approximate surface area is 157 Å². The van der Waals surface area contributed by atoms with Crippen molar-refractivity contribution < 1.29 is 22.4 Å². The molecular formula is C18H20FN3O4S. The van der Waals surface area contributed by atoms with E-state index in [1.165, 1.54) is 25.1 Å². The number of hydrogen-bond donors (Lipinski definition) is 2. The summed E-state index contributed by atoms with van der Waals surface area (Å²) < 4.78 is 38.6. The third-order valence-electron chi connectivity index (χ3n) is 3.58. The molecule has 7 nitrogen and oxygen atoms in total. The van der Waals surface area contributed by atoms with E-state index in [0.29, 0.717) is 11.4 Å². The van der Waals surface area contributed by atoms with Crippen molar-refractivity contribution in [2.24, 2.45) is 0 Å². The molecule has 0 aromatic heterocycles. The first-order valence-electron chi connectivity index (χ1n) is 8.01. The van der Waals surface area contributed by atoms with Crippen molar-refractivity contribution in [2.45, 2.75) is 13.5 Å². The minimum atomic E-state index is -3.73. The van der Waals surface area contributed by atoms with Gasteiger partial charge in [-0.1, -0.05) is 18.2 Å². The molecule has 144 valence electrons. The van der Waals surface area contributed by atoms with E-state index in [2.05, 4.69) is 10.6 Å². The third-order valence-corrected chi connectivity index (χ3v) is 4.78. The van der Waals surface area contributed by atoms with Crippen LogP contribution in [0.1, 0.15) is 12.5 Å². The van der Waals surface area contributed by atoms with Crippen molar-refractivity contribution in [3.05, 3.63) is 59.9 Å². The number of rotatable bonds is 7.